The monoisotopic (exact) mass is 505 g/mol. The number of amides is 1. The van der Waals surface area contributed by atoms with Crippen molar-refractivity contribution in [2.75, 3.05) is 13.7 Å². The van der Waals surface area contributed by atoms with Crippen molar-refractivity contribution < 1.29 is 24.2 Å². The van der Waals surface area contributed by atoms with Crippen LogP contribution in [-0.4, -0.2) is 35.4 Å². The van der Waals surface area contributed by atoms with Crippen LogP contribution >= 0.6 is 11.3 Å². The number of carbonyl (C=O) groups is 2. The largest absolute Gasteiger partial charge is 0.507 e. The van der Waals surface area contributed by atoms with E-state index in [4.69, 9.17) is 9.47 Å². The van der Waals surface area contributed by atoms with Gasteiger partial charge in [-0.3, -0.25) is 9.59 Å². The van der Waals surface area contributed by atoms with Gasteiger partial charge in [-0.2, -0.15) is 0 Å². The summed E-state index contributed by atoms with van der Waals surface area (Å²) in [5.74, 6) is -0.0621. The van der Waals surface area contributed by atoms with Crippen LogP contribution in [0.3, 0.4) is 0 Å². The molecule has 1 saturated heterocycles. The number of nitrogens with zero attached hydrogens (tertiary/aromatic N) is 1. The average molecular weight is 506 g/mol. The Bertz CT molecular complexity index is 1290. The van der Waals surface area contributed by atoms with Crippen LogP contribution in [0.25, 0.3) is 5.76 Å². The molecule has 4 rings (SSSR count). The first-order chi connectivity index (χ1) is 17.2. The second-order valence-corrected chi connectivity index (χ2v) is 10.7. The molecule has 0 spiro atoms. The molecule has 0 aliphatic carbocycles. The molecular formula is C29H31NO5S. The Labute approximate surface area is 215 Å². The number of Topliss-reactive ketones (excluding diaryl/α,β-unsaturated/α-hetero) is 1. The van der Waals surface area contributed by atoms with Gasteiger partial charge in [-0.15, -0.1) is 11.3 Å². The minimum Gasteiger partial charge on any atom is -0.507 e. The Hall–Kier alpha value is -3.58. The lowest BCUT2D eigenvalue weighted by atomic mass is 9.84. The van der Waals surface area contributed by atoms with Gasteiger partial charge in [0.05, 0.1) is 25.3 Å². The lowest BCUT2D eigenvalue weighted by Crippen LogP contribution is -2.28. The maximum atomic E-state index is 13.3. The molecule has 1 aliphatic heterocycles. The second-order valence-electron chi connectivity index (χ2n) is 9.68. The van der Waals surface area contributed by atoms with Gasteiger partial charge in [-0.05, 0) is 59.7 Å². The molecule has 7 heteroatoms. The molecule has 1 aliphatic rings. The third-order valence-electron chi connectivity index (χ3n) is 6.23. The normalized spacial score (nSPS) is 17.5. The molecule has 1 aromatic heterocycles. The molecule has 36 heavy (non-hydrogen) atoms. The van der Waals surface area contributed by atoms with Crippen molar-refractivity contribution in [3.8, 4) is 11.5 Å². The molecule has 1 atom stereocenters. The third-order valence-corrected chi connectivity index (χ3v) is 7.15. The average Bonchev–Trinajstić information content (AvgIpc) is 3.47. The first-order valence-electron chi connectivity index (χ1n) is 11.9. The number of ketones is 1. The van der Waals surface area contributed by atoms with E-state index in [9.17, 15) is 14.7 Å². The Morgan fingerprint density at radius 3 is 2.39 bits per heavy atom. The summed E-state index contributed by atoms with van der Waals surface area (Å²) in [6, 6.07) is 15.8. The fourth-order valence-corrected chi connectivity index (χ4v) is 5.26. The topological polar surface area (TPSA) is 76.1 Å². The van der Waals surface area contributed by atoms with Crippen LogP contribution in [0.2, 0.25) is 0 Å². The number of benzene rings is 2. The first kappa shape index (κ1) is 25.5. The van der Waals surface area contributed by atoms with Crippen LogP contribution in [0.4, 0.5) is 0 Å². The van der Waals surface area contributed by atoms with E-state index in [0.717, 1.165) is 21.8 Å². The van der Waals surface area contributed by atoms with E-state index in [-0.39, 0.29) is 23.3 Å². The summed E-state index contributed by atoms with van der Waals surface area (Å²) in [7, 11) is 1.59. The standard InChI is InChI=1S/C29H31NO5S/c1-6-35-22-14-11-19(16-21(22)29(2,3)4)26(31)24-25(23-8-7-15-36-23)30(28(33)27(24)32)17-18-9-12-20(34-5)13-10-18/h7-16,25,31H,6,17H2,1-5H3/b26-24-. The van der Waals surface area contributed by atoms with E-state index in [1.165, 1.54) is 16.2 Å². The summed E-state index contributed by atoms with van der Waals surface area (Å²) in [5.41, 5.74) is 2.09. The molecule has 0 bridgehead atoms. The fraction of sp³-hybridized carbons (Fsp3) is 0.310. The van der Waals surface area contributed by atoms with Gasteiger partial charge >= 0.3 is 0 Å². The summed E-state index contributed by atoms with van der Waals surface area (Å²) in [6.07, 6.45) is 0. The summed E-state index contributed by atoms with van der Waals surface area (Å²) in [5, 5.41) is 13.4. The van der Waals surface area contributed by atoms with Gasteiger partial charge < -0.3 is 19.5 Å². The zero-order valence-corrected chi connectivity index (χ0v) is 22.0. The molecule has 1 N–H and O–H groups in total. The zero-order valence-electron chi connectivity index (χ0n) is 21.2. The molecule has 6 nitrogen and oxygen atoms in total. The van der Waals surface area contributed by atoms with Gasteiger partial charge in [0.25, 0.3) is 11.7 Å². The van der Waals surface area contributed by atoms with E-state index in [1.54, 1.807) is 13.2 Å². The zero-order chi connectivity index (χ0) is 26.0. The van der Waals surface area contributed by atoms with E-state index in [1.807, 2.05) is 60.8 Å². The van der Waals surface area contributed by atoms with Crippen molar-refractivity contribution >= 4 is 28.8 Å². The number of methoxy groups -OCH3 is 1. The van der Waals surface area contributed by atoms with E-state index < -0.39 is 17.7 Å². The van der Waals surface area contributed by atoms with Gasteiger partial charge in [0.2, 0.25) is 0 Å². The Kier molecular flexibility index (Phi) is 7.22. The lowest BCUT2D eigenvalue weighted by Gasteiger charge is -2.25. The van der Waals surface area contributed by atoms with Crippen molar-refractivity contribution in [3.05, 3.63) is 87.1 Å². The Balaban J connectivity index is 1.82. The quantitative estimate of drug-likeness (QED) is 0.239. The molecule has 0 radical (unpaired) electrons. The van der Waals surface area contributed by atoms with Crippen molar-refractivity contribution in [2.24, 2.45) is 0 Å². The van der Waals surface area contributed by atoms with Crippen molar-refractivity contribution in [2.45, 2.75) is 45.7 Å². The molecular weight excluding hydrogens is 474 g/mol. The SMILES string of the molecule is CCOc1ccc(/C(O)=C2/C(=O)C(=O)N(Cc3ccc(OC)cc3)C2c2cccs2)cc1C(C)(C)C. The first-order valence-corrected chi connectivity index (χ1v) is 12.8. The van der Waals surface area contributed by atoms with Crippen LogP contribution in [0.15, 0.2) is 65.6 Å². The number of hydrogen-bond donors (Lipinski definition) is 1. The molecule has 1 fully saturated rings. The highest BCUT2D eigenvalue weighted by Crippen LogP contribution is 2.43. The summed E-state index contributed by atoms with van der Waals surface area (Å²) in [6.45, 7) is 8.86. The number of hydrogen-bond acceptors (Lipinski definition) is 6. The van der Waals surface area contributed by atoms with Gasteiger partial charge in [-0.1, -0.05) is 39.0 Å². The number of rotatable bonds is 7. The van der Waals surface area contributed by atoms with Crippen LogP contribution in [0.5, 0.6) is 11.5 Å². The second kappa shape index (κ2) is 10.2. The highest BCUT2D eigenvalue weighted by Gasteiger charge is 2.46. The minimum absolute atomic E-state index is 0.0972. The number of carbonyl (C=O) groups excluding carboxylic acids is 2. The summed E-state index contributed by atoms with van der Waals surface area (Å²) >= 11 is 1.45. The van der Waals surface area contributed by atoms with Crippen LogP contribution in [0, 0.1) is 0 Å². The maximum Gasteiger partial charge on any atom is 0.295 e. The number of thiophene rings is 1. The molecule has 3 aromatic rings. The van der Waals surface area contributed by atoms with Gasteiger partial charge in [0, 0.05) is 22.5 Å². The van der Waals surface area contributed by atoms with Crippen LogP contribution in [-0.2, 0) is 21.5 Å². The molecule has 2 heterocycles. The summed E-state index contributed by atoms with van der Waals surface area (Å²) < 4.78 is 11.0. The number of aliphatic hydroxyl groups excluding tert-OH is 1. The molecule has 0 saturated carbocycles. The van der Waals surface area contributed by atoms with Crippen molar-refractivity contribution in [3.63, 3.8) is 0 Å². The number of aliphatic hydroxyl groups is 1. The predicted octanol–water partition coefficient (Wildman–Crippen LogP) is 6.07. The molecule has 1 unspecified atom stereocenters. The van der Waals surface area contributed by atoms with Crippen molar-refractivity contribution in [1.29, 1.82) is 0 Å². The fourth-order valence-electron chi connectivity index (χ4n) is 4.41. The van der Waals surface area contributed by atoms with Crippen LogP contribution < -0.4 is 9.47 Å². The molecule has 188 valence electrons. The van der Waals surface area contributed by atoms with Crippen molar-refractivity contribution in [1.82, 2.24) is 4.90 Å². The molecule has 1 amide bonds. The highest BCUT2D eigenvalue weighted by atomic mass is 32.1. The van der Waals surface area contributed by atoms with Gasteiger partial charge in [0.1, 0.15) is 17.3 Å². The Morgan fingerprint density at radius 2 is 1.81 bits per heavy atom. The van der Waals surface area contributed by atoms with Gasteiger partial charge in [-0.25, -0.2) is 0 Å². The number of likely N-dealkylation sites (tertiary alicyclic amines) is 1. The van der Waals surface area contributed by atoms with Gasteiger partial charge in [0.15, 0.2) is 0 Å². The summed E-state index contributed by atoms with van der Waals surface area (Å²) in [4.78, 5) is 28.9. The van der Waals surface area contributed by atoms with E-state index >= 15 is 0 Å². The lowest BCUT2D eigenvalue weighted by molar-refractivity contribution is -0.140. The van der Waals surface area contributed by atoms with E-state index in [2.05, 4.69) is 20.8 Å². The van der Waals surface area contributed by atoms with Crippen LogP contribution in [0.1, 0.15) is 55.3 Å². The smallest absolute Gasteiger partial charge is 0.295 e. The molecule has 2 aromatic carbocycles. The predicted molar refractivity (Wildman–Crippen MR) is 141 cm³/mol. The maximum absolute atomic E-state index is 13.3. The minimum atomic E-state index is -0.689. The third kappa shape index (κ3) is 4.88. The van der Waals surface area contributed by atoms with E-state index in [0.29, 0.717) is 17.9 Å². The number of ether oxygens (including phenoxy) is 2. The highest BCUT2D eigenvalue weighted by molar-refractivity contribution is 7.10. The Morgan fingerprint density at radius 1 is 1.08 bits per heavy atom.